The first-order valence-electron chi connectivity index (χ1n) is 6.51. The maximum atomic E-state index is 12.6. The van der Waals surface area contributed by atoms with Gasteiger partial charge in [-0.3, -0.25) is 4.79 Å². The van der Waals surface area contributed by atoms with Gasteiger partial charge in [-0.15, -0.1) is 12.4 Å². The molecule has 0 spiro atoms. The van der Waals surface area contributed by atoms with Crippen molar-refractivity contribution in [1.29, 1.82) is 0 Å². The third-order valence-electron chi connectivity index (χ3n) is 3.70. The summed E-state index contributed by atoms with van der Waals surface area (Å²) in [4.78, 5) is 12.1. The summed E-state index contributed by atoms with van der Waals surface area (Å²) < 4.78 is 25.1. The van der Waals surface area contributed by atoms with Crippen molar-refractivity contribution in [2.45, 2.75) is 25.7 Å². The lowest BCUT2D eigenvalue weighted by Gasteiger charge is -2.17. The quantitative estimate of drug-likeness (QED) is 0.896. The molecule has 0 aliphatic heterocycles. The van der Waals surface area contributed by atoms with E-state index in [-0.39, 0.29) is 35.7 Å². The maximum absolute atomic E-state index is 12.6. The molecule has 1 aliphatic carbocycles. The van der Waals surface area contributed by atoms with Crippen LogP contribution in [0.15, 0.2) is 24.3 Å². The molecule has 2 rings (SSSR count). The topological polar surface area (TPSA) is 55.1 Å². The third kappa shape index (κ3) is 3.90. The molecule has 0 saturated heterocycles. The Bertz CT molecular complexity index is 457. The summed E-state index contributed by atoms with van der Waals surface area (Å²) in [5, 5.41) is 2.72. The Morgan fingerprint density at radius 1 is 1.40 bits per heavy atom. The zero-order chi connectivity index (χ0) is 13.8. The molecule has 1 fully saturated rings. The van der Waals surface area contributed by atoms with Gasteiger partial charge in [-0.05, 0) is 37.4 Å². The lowest BCUT2D eigenvalue weighted by molar-refractivity contribution is -0.120. The van der Waals surface area contributed by atoms with Crippen LogP contribution in [0, 0.1) is 11.8 Å². The summed E-state index contributed by atoms with van der Waals surface area (Å²) in [5.41, 5.74) is 5.98. The van der Waals surface area contributed by atoms with Gasteiger partial charge in [0.25, 0.3) is 6.43 Å². The van der Waals surface area contributed by atoms with Crippen molar-refractivity contribution in [2.24, 2.45) is 17.6 Å². The van der Waals surface area contributed by atoms with Gasteiger partial charge in [0.05, 0.1) is 0 Å². The number of nitrogens with two attached hydrogens (primary N) is 1. The Labute approximate surface area is 123 Å². The van der Waals surface area contributed by atoms with Gasteiger partial charge >= 0.3 is 0 Å². The van der Waals surface area contributed by atoms with Gasteiger partial charge in [0.1, 0.15) is 0 Å². The predicted octanol–water partition coefficient (Wildman–Crippen LogP) is 3.36. The number of benzene rings is 1. The molecule has 3 N–H and O–H groups in total. The summed E-state index contributed by atoms with van der Waals surface area (Å²) in [5.74, 6) is -0.00199. The zero-order valence-corrected chi connectivity index (χ0v) is 11.8. The van der Waals surface area contributed by atoms with Gasteiger partial charge in [0.15, 0.2) is 0 Å². The van der Waals surface area contributed by atoms with Crippen LogP contribution in [0.1, 0.15) is 31.3 Å². The molecule has 0 heterocycles. The molecule has 1 aromatic carbocycles. The number of hydrogen-bond donors (Lipinski definition) is 2. The Hall–Kier alpha value is -1.20. The summed E-state index contributed by atoms with van der Waals surface area (Å²) in [6.45, 7) is 0.495. The molecule has 0 radical (unpaired) electrons. The molecule has 0 unspecified atom stereocenters. The second-order valence-electron chi connectivity index (χ2n) is 4.95. The molecule has 1 aromatic rings. The summed E-state index contributed by atoms with van der Waals surface area (Å²) in [7, 11) is 0. The number of rotatable bonds is 4. The van der Waals surface area contributed by atoms with Gasteiger partial charge < -0.3 is 11.1 Å². The van der Waals surface area contributed by atoms with E-state index in [1.807, 2.05) is 0 Å². The molecule has 1 aliphatic rings. The van der Waals surface area contributed by atoms with Crippen LogP contribution in [0.5, 0.6) is 0 Å². The first kappa shape index (κ1) is 16.9. The highest BCUT2D eigenvalue weighted by molar-refractivity contribution is 5.93. The molecule has 0 aromatic heterocycles. The van der Waals surface area contributed by atoms with E-state index in [0.717, 1.165) is 19.3 Å². The van der Waals surface area contributed by atoms with Crippen LogP contribution in [0.25, 0.3) is 0 Å². The maximum Gasteiger partial charge on any atom is 0.263 e. The number of hydrogen-bond acceptors (Lipinski definition) is 2. The van der Waals surface area contributed by atoms with Crippen molar-refractivity contribution in [3.63, 3.8) is 0 Å². The standard InChI is InChI=1S/C14H18F2N2O.ClH/c15-13(16)9-3-1-5-11(7-9)18-14(19)12-6-2-4-10(12)8-17;/h1,3,5,7,10,12-13H,2,4,6,8,17H2,(H,18,19);1H/t10-,12-;/m1./s1. The van der Waals surface area contributed by atoms with Crippen LogP contribution in [0.4, 0.5) is 14.5 Å². The van der Waals surface area contributed by atoms with E-state index < -0.39 is 6.43 Å². The Kier molecular flexibility index (Phi) is 6.36. The molecule has 1 saturated carbocycles. The van der Waals surface area contributed by atoms with Gasteiger partial charge in [0.2, 0.25) is 5.91 Å². The number of carbonyl (C=O) groups excluding carboxylic acids is 1. The fourth-order valence-corrected chi connectivity index (χ4v) is 2.65. The van der Waals surface area contributed by atoms with Crippen LogP contribution >= 0.6 is 12.4 Å². The van der Waals surface area contributed by atoms with E-state index in [1.165, 1.54) is 18.2 Å². The second-order valence-corrected chi connectivity index (χ2v) is 4.95. The molecule has 20 heavy (non-hydrogen) atoms. The van der Waals surface area contributed by atoms with Crippen molar-refractivity contribution in [3.8, 4) is 0 Å². The first-order valence-corrected chi connectivity index (χ1v) is 6.51. The number of amides is 1. The Morgan fingerprint density at radius 3 is 2.80 bits per heavy atom. The molecule has 112 valence electrons. The number of carbonyl (C=O) groups is 1. The lowest BCUT2D eigenvalue weighted by atomic mass is 9.95. The van der Waals surface area contributed by atoms with Gasteiger partial charge in [-0.1, -0.05) is 18.6 Å². The van der Waals surface area contributed by atoms with Crippen molar-refractivity contribution in [2.75, 3.05) is 11.9 Å². The van der Waals surface area contributed by atoms with Crippen molar-refractivity contribution in [3.05, 3.63) is 29.8 Å². The molecular formula is C14H19ClF2N2O. The van der Waals surface area contributed by atoms with Crippen molar-refractivity contribution in [1.82, 2.24) is 0 Å². The lowest BCUT2D eigenvalue weighted by Crippen LogP contribution is -2.29. The van der Waals surface area contributed by atoms with Crippen molar-refractivity contribution >= 4 is 24.0 Å². The number of halogens is 3. The number of alkyl halides is 2. The SMILES string of the molecule is Cl.NC[C@H]1CCC[C@H]1C(=O)Nc1cccc(C(F)F)c1. The smallest absolute Gasteiger partial charge is 0.263 e. The molecule has 3 nitrogen and oxygen atoms in total. The third-order valence-corrected chi connectivity index (χ3v) is 3.70. The van der Waals surface area contributed by atoms with Crippen LogP contribution in [-0.2, 0) is 4.79 Å². The van der Waals surface area contributed by atoms with E-state index in [0.29, 0.717) is 12.2 Å². The van der Waals surface area contributed by atoms with Crippen LogP contribution < -0.4 is 11.1 Å². The summed E-state index contributed by atoms with van der Waals surface area (Å²) in [6, 6.07) is 5.80. The second kappa shape index (κ2) is 7.55. The van der Waals surface area contributed by atoms with Gasteiger partial charge in [0, 0.05) is 17.2 Å². The van der Waals surface area contributed by atoms with E-state index in [4.69, 9.17) is 5.73 Å². The predicted molar refractivity (Wildman–Crippen MR) is 77.2 cm³/mol. The van der Waals surface area contributed by atoms with Crippen LogP contribution in [0.3, 0.4) is 0 Å². The Balaban J connectivity index is 0.00000200. The van der Waals surface area contributed by atoms with E-state index in [2.05, 4.69) is 5.32 Å². The summed E-state index contributed by atoms with van der Waals surface area (Å²) in [6.07, 6.45) is 0.255. The largest absolute Gasteiger partial charge is 0.330 e. The summed E-state index contributed by atoms with van der Waals surface area (Å²) >= 11 is 0. The number of anilines is 1. The van der Waals surface area contributed by atoms with Crippen LogP contribution in [-0.4, -0.2) is 12.5 Å². The normalized spacial score (nSPS) is 21.6. The first-order chi connectivity index (χ1) is 9.11. The monoisotopic (exact) mass is 304 g/mol. The average Bonchev–Trinajstić information content (AvgIpc) is 2.87. The fraction of sp³-hybridized carbons (Fsp3) is 0.500. The van der Waals surface area contributed by atoms with Crippen molar-refractivity contribution < 1.29 is 13.6 Å². The Morgan fingerprint density at radius 2 is 2.15 bits per heavy atom. The van der Waals surface area contributed by atoms with E-state index in [1.54, 1.807) is 6.07 Å². The molecule has 0 bridgehead atoms. The van der Waals surface area contributed by atoms with E-state index >= 15 is 0 Å². The van der Waals surface area contributed by atoms with Crippen LogP contribution in [0.2, 0.25) is 0 Å². The molecule has 1 amide bonds. The fourth-order valence-electron chi connectivity index (χ4n) is 2.65. The van der Waals surface area contributed by atoms with E-state index in [9.17, 15) is 13.6 Å². The zero-order valence-electron chi connectivity index (χ0n) is 11.0. The molecular weight excluding hydrogens is 286 g/mol. The molecule has 2 atom stereocenters. The number of nitrogens with one attached hydrogen (secondary N) is 1. The average molecular weight is 305 g/mol. The van der Waals surface area contributed by atoms with Gasteiger partial charge in [-0.25, -0.2) is 8.78 Å². The van der Waals surface area contributed by atoms with Gasteiger partial charge in [-0.2, -0.15) is 0 Å². The minimum Gasteiger partial charge on any atom is -0.330 e. The highest BCUT2D eigenvalue weighted by Gasteiger charge is 2.31. The highest BCUT2D eigenvalue weighted by atomic mass is 35.5. The molecule has 6 heteroatoms. The minimum absolute atomic E-state index is 0. The highest BCUT2D eigenvalue weighted by Crippen LogP contribution is 2.32. The minimum atomic E-state index is -2.53.